The summed E-state index contributed by atoms with van der Waals surface area (Å²) in [7, 11) is 0. The van der Waals surface area contributed by atoms with Gasteiger partial charge in [0.15, 0.2) is 0 Å². The summed E-state index contributed by atoms with van der Waals surface area (Å²) in [4.78, 5) is 23.1. The van der Waals surface area contributed by atoms with Crippen LogP contribution in [0, 0.1) is 10.1 Å². The van der Waals surface area contributed by atoms with E-state index in [9.17, 15) is 14.9 Å². The minimum Gasteiger partial charge on any atom is -0.341 e. The van der Waals surface area contributed by atoms with E-state index in [1.165, 1.54) is 17.6 Å². The summed E-state index contributed by atoms with van der Waals surface area (Å²) < 4.78 is 2.26. The average Bonchev–Trinajstić information content (AvgIpc) is 3.06. The zero-order valence-corrected chi connectivity index (χ0v) is 16.3. The molecule has 3 aromatic carbocycles. The van der Waals surface area contributed by atoms with Crippen LogP contribution in [0.1, 0.15) is 25.3 Å². The van der Waals surface area contributed by atoms with Crippen LogP contribution >= 0.6 is 0 Å². The molecule has 6 nitrogen and oxygen atoms in total. The molecule has 4 aromatic rings. The second-order valence-electron chi connectivity index (χ2n) is 7.05. The van der Waals surface area contributed by atoms with Gasteiger partial charge in [0.2, 0.25) is 5.91 Å². The number of carbonyl (C=O) groups is 1. The molecule has 0 radical (unpaired) electrons. The second-order valence-corrected chi connectivity index (χ2v) is 7.05. The maximum absolute atomic E-state index is 12.7. The number of nitro groups is 1. The van der Waals surface area contributed by atoms with Gasteiger partial charge in [-0.25, -0.2) is 0 Å². The molecule has 0 aliphatic rings. The predicted molar refractivity (Wildman–Crippen MR) is 115 cm³/mol. The van der Waals surface area contributed by atoms with E-state index in [0.717, 1.165) is 34.1 Å². The van der Waals surface area contributed by atoms with E-state index in [2.05, 4.69) is 28.9 Å². The molecule has 1 heterocycles. The first-order valence-corrected chi connectivity index (χ1v) is 9.55. The molecule has 4 rings (SSSR count). The lowest BCUT2D eigenvalue weighted by Crippen LogP contribution is -2.18. The highest BCUT2D eigenvalue weighted by Gasteiger charge is 2.17. The predicted octanol–water partition coefficient (Wildman–Crippen LogP) is 5.46. The van der Waals surface area contributed by atoms with Crippen molar-refractivity contribution in [3.05, 3.63) is 82.4 Å². The van der Waals surface area contributed by atoms with Crippen LogP contribution in [-0.2, 0) is 11.3 Å². The Morgan fingerprint density at radius 3 is 2.41 bits per heavy atom. The van der Waals surface area contributed by atoms with Gasteiger partial charge in [-0.3, -0.25) is 14.9 Å². The molecule has 1 N–H and O–H groups in total. The molecular weight excluding hydrogens is 366 g/mol. The quantitative estimate of drug-likeness (QED) is 0.365. The Kier molecular flexibility index (Phi) is 4.76. The highest BCUT2D eigenvalue weighted by atomic mass is 16.6. The van der Waals surface area contributed by atoms with Gasteiger partial charge in [0, 0.05) is 46.2 Å². The van der Waals surface area contributed by atoms with E-state index in [1.807, 2.05) is 30.3 Å². The Labute approximate surface area is 167 Å². The van der Waals surface area contributed by atoms with Crippen molar-refractivity contribution in [3.8, 4) is 0 Å². The number of aryl methyl sites for hydroxylation is 1. The number of hydrogen-bond acceptors (Lipinski definition) is 3. The lowest BCUT2D eigenvalue weighted by Gasteiger charge is -2.13. The molecule has 0 saturated carbocycles. The molecule has 0 bridgehead atoms. The van der Waals surface area contributed by atoms with Crippen LogP contribution in [0.15, 0.2) is 66.7 Å². The van der Waals surface area contributed by atoms with Gasteiger partial charge in [-0.15, -0.1) is 0 Å². The minimum atomic E-state index is -0.448. The van der Waals surface area contributed by atoms with Crippen molar-refractivity contribution < 1.29 is 9.72 Å². The molecule has 0 saturated heterocycles. The molecule has 146 valence electrons. The first kappa shape index (κ1) is 18.7. The number of anilines is 1. The van der Waals surface area contributed by atoms with E-state index in [1.54, 1.807) is 19.1 Å². The minimum absolute atomic E-state index is 0.0131. The summed E-state index contributed by atoms with van der Waals surface area (Å²) in [6.45, 7) is 4.78. The largest absolute Gasteiger partial charge is 0.341 e. The van der Waals surface area contributed by atoms with Crippen molar-refractivity contribution >= 4 is 39.1 Å². The van der Waals surface area contributed by atoms with Crippen LogP contribution in [0.3, 0.4) is 0 Å². The van der Waals surface area contributed by atoms with E-state index in [4.69, 9.17) is 0 Å². The number of amides is 1. The highest BCUT2D eigenvalue weighted by molar-refractivity contribution is 6.10. The summed E-state index contributed by atoms with van der Waals surface area (Å²) in [6, 6.07) is 20.3. The number of fused-ring (bicyclic) bond motifs is 3. The standard InChI is InChI=1S/C23H21N3O3/c1-3-25-21-7-5-4-6-19(21)20-14-17(10-13-22(20)25)24-23(27)15(2)16-8-11-18(12-9-16)26(28)29/h4-15H,3H2,1-2H3,(H,24,27). The van der Waals surface area contributed by atoms with Crippen molar-refractivity contribution in [2.24, 2.45) is 0 Å². The van der Waals surface area contributed by atoms with E-state index < -0.39 is 10.8 Å². The van der Waals surface area contributed by atoms with Gasteiger partial charge in [-0.2, -0.15) is 0 Å². The van der Waals surface area contributed by atoms with Gasteiger partial charge in [0.1, 0.15) is 0 Å². The number of nitrogens with one attached hydrogen (secondary N) is 1. The summed E-state index contributed by atoms with van der Waals surface area (Å²) in [6.07, 6.45) is 0. The molecule has 1 unspecified atom stereocenters. The normalized spacial score (nSPS) is 12.2. The first-order chi connectivity index (χ1) is 14.0. The van der Waals surface area contributed by atoms with Gasteiger partial charge in [0.05, 0.1) is 10.8 Å². The topological polar surface area (TPSA) is 77.2 Å². The Hall–Kier alpha value is -3.67. The Morgan fingerprint density at radius 2 is 1.72 bits per heavy atom. The number of rotatable bonds is 5. The molecule has 6 heteroatoms. The Bertz CT molecular complexity index is 1230. The van der Waals surface area contributed by atoms with Gasteiger partial charge in [-0.05, 0) is 43.7 Å². The van der Waals surface area contributed by atoms with Crippen molar-refractivity contribution in [2.75, 3.05) is 5.32 Å². The van der Waals surface area contributed by atoms with Gasteiger partial charge in [0.25, 0.3) is 5.69 Å². The van der Waals surface area contributed by atoms with Crippen molar-refractivity contribution in [2.45, 2.75) is 26.3 Å². The lowest BCUT2D eigenvalue weighted by molar-refractivity contribution is -0.384. The molecular formula is C23H21N3O3. The summed E-state index contributed by atoms with van der Waals surface area (Å²) in [5.41, 5.74) is 3.79. The van der Waals surface area contributed by atoms with Gasteiger partial charge < -0.3 is 9.88 Å². The zero-order valence-electron chi connectivity index (χ0n) is 16.3. The molecule has 0 aliphatic carbocycles. The Morgan fingerprint density at radius 1 is 1.03 bits per heavy atom. The highest BCUT2D eigenvalue weighted by Crippen LogP contribution is 2.31. The number of nitro benzene ring substituents is 1. The van der Waals surface area contributed by atoms with Gasteiger partial charge in [-0.1, -0.05) is 30.3 Å². The second kappa shape index (κ2) is 7.39. The monoisotopic (exact) mass is 387 g/mol. The fourth-order valence-electron chi connectivity index (χ4n) is 3.76. The number of hydrogen-bond donors (Lipinski definition) is 1. The van der Waals surface area contributed by atoms with E-state index in [0.29, 0.717) is 0 Å². The zero-order chi connectivity index (χ0) is 20.5. The number of carbonyl (C=O) groups excluding carboxylic acids is 1. The van der Waals surface area contributed by atoms with Crippen molar-refractivity contribution in [1.82, 2.24) is 4.57 Å². The fraction of sp³-hybridized carbons (Fsp3) is 0.174. The lowest BCUT2D eigenvalue weighted by atomic mass is 10.00. The van der Waals surface area contributed by atoms with Crippen LogP contribution in [-0.4, -0.2) is 15.4 Å². The smallest absolute Gasteiger partial charge is 0.269 e. The molecule has 0 fully saturated rings. The number of non-ortho nitro benzene ring substituents is 1. The van der Waals surface area contributed by atoms with Crippen molar-refractivity contribution in [1.29, 1.82) is 0 Å². The molecule has 1 aromatic heterocycles. The molecule has 29 heavy (non-hydrogen) atoms. The number of para-hydroxylation sites is 1. The first-order valence-electron chi connectivity index (χ1n) is 9.55. The third-order valence-electron chi connectivity index (χ3n) is 5.35. The Balaban J connectivity index is 1.62. The summed E-state index contributed by atoms with van der Waals surface area (Å²) >= 11 is 0. The summed E-state index contributed by atoms with van der Waals surface area (Å²) in [5, 5.41) is 16.0. The third kappa shape index (κ3) is 3.33. The maximum Gasteiger partial charge on any atom is 0.269 e. The molecule has 0 spiro atoms. The molecule has 0 aliphatic heterocycles. The fourth-order valence-corrected chi connectivity index (χ4v) is 3.76. The summed E-state index contributed by atoms with van der Waals surface area (Å²) in [5.74, 6) is -0.582. The SMILES string of the molecule is CCn1c2ccccc2c2cc(NC(=O)C(C)c3ccc([N+](=O)[O-])cc3)ccc21. The van der Waals surface area contributed by atoms with Crippen LogP contribution in [0.5, 0.6) is 0 Å². The van der Waals surface area contributed by atoms with Gasteiger partial charge >= 0.3 is 0 Å². The van der Waals surface area contributed by atoms with Crippen LogP contribution < -0.4 is 5.32 Å². The number of aromatic nitrogens is 1. The van der Waals surface area contributed by atoms with Crippen LogP contribution in [0.4, 0.5) is 11.4 Å². The van der Waals surface area contributed by atoms with Crippen LogP contribution in [0.25, 0.3) is 21.8 Å². The maximum atomic E-state index is 12.7. The average molecular weight is 387 g/mol. The van der Waals surface area contributed by atoms with Crippen molar-refractivity contribution in [3.63, 3.8) is 0 Å². The number of benzene rings is 3. The third-order valence-corrected chi connectivity index (χ3v) is 5.35. The number of nitrogens with zero attached hydrogens (tertiary/aromatic N) is 2. The van der Waals surface area contributed by atoms with E-state index in [-0.39, 0.29) is 11.6 Å². The van der Waals surface area contributed by atoms with E-state index >= 15 is 0 Å². The molecule has 1 atom stereocenters. The van der Waals surface area contributed by atoms with Crippen LogP contribution in [0.2, 0.25) is 0 Å². The molecule has 1 amide bonds.